The Kier molecular flexibility index (Phi) is 3.21. The van der Waals surface area contributed by atoms with E-state index in [4.69, 9.17) is 0 Å². The maximum Gasteiger partial charge on any atom is 0.185 e. The minimum Gasteiger partial charge on any atom is -0.395 e. The van der Waals surface area contributed by atoms with Crippen LogP contribution in [0.4, 0.5) is 4.39 Å². The second kappa shape index (κ2) is 4.51. The van der Waals surface area contributed by atoms with Gasteiger partial charge in [0.25, 0.3) is 0 Å². The summed E-state index contributed by atoms with van der Waals surface area (Å²) in [5.74, 6) is -1.65. The van der Waals surface area contributed by atoms with Crippen molar-refractivity contribution in [1.29, 1.82) is 0 Å². The number of alkyl halides is 1. The van der Waals surface area contributed by atoms with E-state index in [1.54, 1.807) is 6.07 Å². The zero-order chi connectivity index (χ0) is 15.5. The summed E-state index contributed by atoms with van der Waals surface area (Å²) < 4.78 is 14.9. The summed E-state index contributed by atoms with van der Waals surface area (Å²) in [6, 6.07) is 5.41. The minimum atomic E-state index is -1.65. The number of nitrogens with one attached hydrogen (secondary N) is 1. The van der Waals surface area contributed by atoms with Gasteiger partial charge in [-0.15, -0.1) is 0 Å². The van der Waals surface area contributed by atoms with Crippen molar-refractivity contribution in [3.05, 3.63) is 34.9 Å². The van der Waals surface area contributed by atoms with Crippen LogP contribution in [0.15, 0.2) is 18.2 Å². The molecule has 2 aliphatic rings. The molecule has 1 fully saturated rings. The van der Waals surface area contributed by atoms with Gasteiger partial charge in [-0.2, -0.15) is 0 Å². The molecule has 1 heterocycles. The molecule has 1 aromatic rings. The predicted molar refractivity (Wildman–Crippen MR) is 79.8 cm³/mol. The molecule has 2 atom stereocenters. The molecule has 0 bridgehead atoms. The van der Waals surface area contributed by atoms with Crippen molar-refractivity contribution in [3.63, 3.8) is 0 Å². The molecule has 3 rings (SSSR count). The van der Waals surface area contributed by atoms with Crippen LogP contribution in [0.3, 0.4) is 0 Å². The topological polar surface area (TPSA) is 52.5 Å². The highest BCUT2D eigenvalue weighted by atomic mass is 19.1. The van der Waals surface area contributed by atoms with Crippen molar-refractivity contribution in [1.82, 2.24) is 5.32 Å². The van der Waals surface area contributed by atoms with Crippen LogP contribution < -0.4 is 5.32 Å². The number of aliphatic hydroxyl groups excluding tert-OH is 1. The lowest BCUT2D eigenvalue weighted by Crippen LogP contribution is -2.51. The van der Waals surface area contributed by atoms with Crippen molar-refractivity contribution in [3.8, 4) is 0 Å². The molecule has 1 saturated carbocycles. The van der Waals surface area contributed by atoms with E-state index in [9.17, 15) is 14.6 Å². The number of halogens is 1. The van der Waals surface area contributed by atoms with Crippen molar-refractivity contribution < 1.29 is 14.6 Å². The first kappa shape index (κ1) is 14.9. The fourth-order valence-corrected chi connectivity index (χ4v) is 3.90. The first-order valence-electron chi connectivity index (χ1n) is 7.64. The Labute approximate surface area is 125 Å². The smallest absolute Gasteiger partial charge is 0.185 e. The Balaban J connectivity index is 2.14. The summed E-state index contributed by atoms with van der Waals surface area (Å²) in [6.45, 7) is 5.07. The standard InChI is InChI=1S/C17H24FNO2/c1-15(2,21)17(7-8-17)14-6-4-5-13-12(14)9-11(10-20)19-16(13,3)18/h4-6,11,19-21H,7-10H2,1-3H3. The molecule has 0 radical (unpaired) electrons. The molecular weight excluding hydrogens is 269 g/mol. The second-order valence-corrected chi connectivity index (χ2v) is 7.20. The molecule has 1 aliphatic heterocycles. The molecule has 3 N–H and O–H groups in total. The fourth-order valence-electron chi connectivity index (χ4n) is 3.90. The van der Waals surface area contributed by atoms with E-state index < -0.39 is 11.4 Å². The summed E-state index contributed by atoms with van der Waals surface area (Å²) in [7, 11) is 0. The van der Waals surface area contributed by atoms with E-state index in [1.807, 2.05) is 26.0 Å². The number of hydrogen-bond acceptors (Lipinski definition) is 3. The lowest BCUT2D eigenvalue weighted by molar-refractivity contribution is 0.0364. The Morgan fingerprint density at radius 2 is 1.95 bits per heavy atom. The highest BCUT2D eigenvalue weighted by Gasteiger charge is 2.56. The molecule has 1 aliphatic carbocycles. The molecule has 4 heteroatoms. The van der Waals surface area contributed by atoms with Gasteiger partial charge in [0.05, 0.1) is 12.2 Å². The van der Waals surface area contributed by atoms with Gasteiger partial charge in [-0.3, -0.25) is 5.32 Å². The Hall–Kier alpha value is -0.970. The summed E-state index contributed by atoms with van der Waals surface area (Å²) in [5.41, 5.74) is 1.55. The Morgan fingerprint density at radius 1 is 1.33 bits per heavy atom. The largest absolute Gasteiger partial charge is 0.395 e. The van der Waals surface area contributed by atoms with E-state index in [1.165, 1.54) is 6.92 Å². The summed E-state index contributed by atoms with van der Waals surface area (Å²) in [6.07, 6.45) is 2.44. The van der Waals surface area contributed by atoms with Gasteiger partial charge in [-0.05, 0) is 51.2 Å². The van der Waals surface area contributed by atoms with Crippen molar-refractivity contribution >= 4 is 0 Å². The van der Waals surface area contributed by atoms with E-state index >= 15 is 0 Å². The molecule has 116 valence electrons. The summed E-state index contributed by atoms with van der Waals surface area (Å²) in [4.78, 5) is 0. The third-order valence-corrected chi connectivity index (χ3v) is 5.26. The molecule has 3 nitrogen and oxygen atoms in total. The SMILES string of the molecule is CC1(F)NC(CO)Cc2c1cccc2C1(C(C)(C)O)CC1. The normalized spacial score (nSPS) is 30.9. The molecule has 0 aromatic heterocycles. The molecule has 1 aromatic carbocycles. The third-order valence-electron chi connectivity index (χ3n) is 5.26. The number of rotatable bonds is 3. The van der Waals surface area contributed by atoms with Gasteiger partial charge in [0.2, 0.25) is 0 Å². The number of fused-ring (bicyclic) bond motifs is 1. The first-order chi connectivity index (χ1) is 9.71. The summed E-state index contributed by atoms with van der Waals surface area (Å²) in [5, 5.41) is 22.9. The lowest BCUT2D eigenvalue weighted by atomic mass is 9.75. The van der Waals surface area contributed by atoms with Crippen LogP contribution in [0, 0.1) is 0 Å². The van der Waals surface area contributed by atoms with Gasteiger partial charge >= 0.3 is 0 Å². The van der Waals surface area contributed by atoms with Gasteiger partial charge in [-0.1, -0.05) is 18.2 Å². The molecule has 21 heavy (non-hydrogen) atoms. The van der Waals surface area contributed by atoms with Crippen LogP contribution in [0.5, 0.6) is 0 Å². The van der Waals surface area contributed by atoms with E-state index in [0.29, 0.717) is 12.0 Å². The molecule has 0 amide bonds. The fraction of sp³-hybridized carbons (Fsp3) is 0.647. The van der Waals surface area contributed by atoms with Crippen LogP contribution in [-0.4, -0.2) is 28.5 Å². The number of hydrogen-bond donors (Lipinski definition) is 3. The quantitative estimate of drug-likeness (QED) is 0.748. The van der Waals surface area contributed by atoms with Crippen LogP contribution in [0.2, 0.25) is 0 Å². The van der Waals surface area contributed by atoms with Gasteiger partial charge in [-0.25, -0.2) is 4.39 Å². The van der Waals surface area contributed by atoms with E-state index in [-0.39, 0.29) is 18.1 Å². The van der Waals surface area contributed by atoms with Gasteiger partial charge < -0.3 is 10.2 Å². The first-order valence-corrected chi connectivity index (χ1v) is 7.64. The molecule has 0 saturated heterocycles. The van der Waals surface area contributed by atoms with E-state index in [0.717, 1.165) is 24.0 Å². The molecule has 0 spiro atoms. The molecule has 2 unspecified atom stereocenters. The zero-order valence-electron chi connectivity index (χ0n) is 12.9. The highest BCUT2D eigenvalue weighted by Crippen LogP contribution is 2.57. The average Bonchev–Trinajstić information content (AvgIpc) is 3.18. The molecular formula is C17H24FNO2. The average molecular weight is 293 g/mol. The monoisotopic (exact) mass is 293 g/mol. The number of benzene rings is 1. The van der Waals surface area contributed by atoms with Gasteiger partial charge in [0.1, 0.15) is 0 Å². The number of aliphatic hydroxyl groups is 2. The van der Waals surface area contributed by atoms with Crippen LogP contribution in [0.25, 0.3) is 0 Å². The van der Waals surface area contributed by atoms with Crippen LogP contribution in [-0.2, 0) is 17.6 Å². The van der Waals surface area contributed by atoms with Gasteiger partial charge in [0, 0.05) is 17.0 Å². The van der Waals surface area contributed by atoms with Crippen LogP contribution in [0.1, 0.15) is 50.3 Å². The van der Waals surface area contributed by atoms with Crippen LogP contribution >= 0.6 is 0 Å². The Morgan fingerprint density at radius 3 is 2.48 bits per heavy atom. The van der Waals surface area contributed by atoms with Gasteiger partial charge in [0.15, 0.2) is 5.79 Å². The predicted octanol–water partition coefficient (Wildman–Crippen LogP) is 2.14. The highest BCUT2D eigenvalue weighted by molar-refractivity contribution is 5.48. The maximum atomic E-state index is 14.9. The van der Waals surface area contributed by atoms with Crippen molar-refractivity contribution in [2.75, 3.05) is 6.61 Å². The van der Waals surface area contributed by atoms with Crippen molar-refractivity contribution in [2.24, 2.45) is 0 Å². The zero-order valence-corrected chi connectivity index (χ0v) is 12.9. The minimum absolute atomic E-state index is 0.0944. The van der Waals surface area contributed by atoms with E-state index in [2.05, 4.69) is 5.32 Å². The summed E-state index contributed by atoms with van der Waals surface area (Å²) >= 11 is 0. The maximum absolute atomic E-state index is 14.9. The lowest BCUT2D eigenvalue weighted by Gasteiger charge is -2.39. The third kappa shape index (κ3) is 2.20. The van der Waals surface area contributed by atoms with Crippen molar-refractivity contribution in [2.45, 2.75) is 62.9 Å². The Bertz CT molecular complexity index is 558. The second-order valence-electron chi connectivity index (χ2n) is 7.20.